The second-order valence-corrected chi connectivity index (χ2v) is 4.93. The number of carbonyl (C=O) groups is 1. The zero-order valence-corrected chi connectivity index (χ0v) is 11.9. The van der Waals surface area contributed by atoms with Gasteiger partial charge in [-0.05, 0) is 46.3 Å². The lowest BCUT2D eigenvalue weighted by molar-refractivity contribution is -0.116. The first-order valence-electron chi connectivity index (χ1n) is 5.67. The fourth-order valence-corrected chi connectivity index (χ4v) is 2.00. The van der Waals surface area contributed by atoms with Gasteiger partial charge in [-0.15, -0.1) is 0 Å². The number of amides is 1. The van der Waals surface area contributed by atoms with Crippen molar-refractivity contribution >= 4 is 33.2 Å². The van der Waals surface area contributed by atoms with Gasteiger partial charge in [0.25, 0.3) is 5.56 Å². The third-order valence-electron chi connectivity index (χ3n) is 2.55. The molecule has 0 atom stereocenters. The molecule has 5 nitrogen and oxygen atoms in total. The van der Waals surface area contributed by atoms with Crippen LogP contribution in [0.1, 0.15) is 0 Å². The van der Waals surface area contributed by atoms with Gasteiger partial charge in [0, 0.05) is 11.9 Å². The number of aromatic nitrogens is 1. The van der Waals surface area contributed by atoms with Gasteiger partial charge in [-0.2, -0.15) is 0 Å². The summed E-state index contributed by atoms with van der Waals surface area (Å²) < 4.78 is 15.0. The van der Waals surface area contributed by atoms with Crippen LogP contribution in [0.25, 0.3) is 0 Å². The van der Waals surface area contributed by atoms with Gasteiger partial charge in [-0.25, -0.2) is 4.39 Å². The first-order valence-corrected chi connectivity index (χ1v) is 6.46. The summed E-state index contributed by atoms with van der Waals surface area (Å²) in [6.45, 7) is -0.216. The molecular weight excluding hydrogens is 329 g/mol. The summed E-state index contributed by atoms with van der Waals surface area (Å²) in [4.78, 5) is 23.5. The van der Waals surface area contributed by atoms with E-state index in [1.165, 1.54) is 22.9 Å². The third kappa shape index (κ3) is 3.24. The molecule has 7 heteroatoms. The molecule has 0 aliphatic rings. The molecule has 0 radical (unpaired) electrons. The Morgan fingerprint density at radius 2 is 2.15 bits per heavy atom. The van der Waals surface area contributed by atoms with E-state index < -0.39 is 11.7 Å². The molecule has 0 bridgehead atoms. The number of nitrogen functional groups attached to an aromatic ring is 1. The second kappa shape index (κ2) is 5.87. The van der Waals surface area contributed by atoms with Crippen LogP contribution in [0.5, 0.6) is 0 Å². The van der Waals surface area contributed by atoms with Gasteiger partial charge < -0.3 is 15.6 Å². The van der Waals surface area contributed by atoms with Crippen LogP contribution in [-0.4, -0.2) is 10.5 Å². The summed E-state index contributed by atoms with van der Waals surface area (Å²) in [6.07, 6.45) is 1.47. The lowest BCUT2D eigenvalue weighted by Crippen LogP contribution is -2.27. The van der Waals surface area contributed by atoms with E-state index in [1.807, 2.05) is 0 Å². The molecule has 0 unspecified atom stereocenters. The summed E-state index contributed by atoms with van der Waals surface area (Å²) in [6, 6.07) is 7.07. The SMILES string of the molecule is Nc1ccc(F)c(NC(=O)Cn2cccc(Br)c2=O)c1. The van der Waals surface area contributed by atoms with Gasteiger partial charge in [0.15, 0.2) is 0 Å². The molecule has 1 aromatic heterocycles. The number of hydrogen-bond donors (Lipinski definition) is 2. The Labute approximate surface area is 122 Å². The van der Waals surface area contributed by atoms with Gasteiger partial charge in [-0.1, -0.05) is 0 Å². The quantitative estimate of drug-likeness (QED) is 0.839. The molecule has 104 valence electrons. The first kappa shape index (κ1) is 14.3. The average Bonchev–Trinajstić information content (AvgIpc) is 2.39. The largest absolute Gasteiger partial charge is 0.399 e. The highest BCUT2D eigenvalue weighted by atomic mass is 79.9. The Morgan fingerprint density at radius 3 is 2.90 bits per heavy atom. The van der Waals surface area contributed by atoms with Crippen LogP contribution in [0.2, 0.25) is 0 Å². The molecule has 20 heavy (non-hydrogen) atoms. The second-order valence-electron chi connectivity index (χ2n) is 4.08. The molecule has 0 spiro atoms. The van der Waals surface area contributed by atoms with Crippen molar-refractivity contribution in [2.45, 2.75) is 6.54 Å². The molecule has 0 saturated heterocycles. The molecular formula is C13H11BrFN3O2. The number of nitrogens with one attached hydrogen (secondary N) is 1. The molecule has 1 heterocycles. The Kier molecular flexibility index (Phi) is 4.19. The highest BCUT2D eigenvalue weighted by molar-refractivity contribution is 9.10. The summed E-state index contributed by atoms with van der Waals surface area (Å²) in [5.41, 5.74) is 5.50. The van der Waals surface area contributed by atoms with Crippen molar-refractivity contribution in [1.29, 1.82) is 0 Å². The number of nitrogens with zero attached hydrogens (tertiary/aromatic N) is 1. The van der Waals surface area contributed by atoms with Crippen molar-refractivity contribution in [2.24, 2.45) is 0 Å². The average molecular weight is 340 g/mol. The maximum Gasteiger partial charge on any atom is 0.265 e. The number of nitrogens with two attached hydrogens (primary N) is 1. The molecule has 0 aliphatic heterocycles. The molecule has 3 N–H and O–H groups in total. The minimum atomic E-state index is -0.589. The zero-order valence-electron chi connectivity index (χ0n) is 10.3. The number of halogens is 2. The van der Waals surface area contributed by atoms with Gasteiger partial charge in [0.1, 0.15) is 12.4 Å². The monoisotopic (exact) mass is 339 g/mol. The van der Waals surface area contributed by atoms with E-state index >= 15 is 0 Å². The smallest absolute Gasteiger partial charge is 0.265 e. The molecule has 0 aliphatic carbocycles. The summed E-state index contributed by atoms with van der Waals surface area (Å²) in [5, 5.41) is 2.38. The number of pyridine rings is 1. The van der Waals surface area contributed by atoms with Crippen molar-refractivity contribution < 1.29 is 9.18 Å². The Balaban J connectivity index is 2.15. The molecule has 2 aromatic rings. The zero-order chi connectivity index (χ0) is 14.7. The molecule has 0 saturated carbocycles. The van der Waals surface area contributed by atoms with E-state index in [0.29, 0.717) is 10.2 Å². The van der Waals surface area contributed by atoms with E-state index in [2.05, 4.69) is 21.2 Å². The molecule has 1 amide bonds. The van der Waals surface area contributed by atoms with Crippen molar-refractivity contribution in [3.63, 3.8) is 0 Å². The number of anilines is 2. The highest BCUT2D eigenvalue weighted by Crippen LogP contribution is 2.17. The van der Waals surface area contributed by atoms with Gasteiger partial charge in [0.2, 0.25) is 5.91 Å². The van der Waals surface area contributed by atoms with Crippen molar-refractivity contribution in [2.75, 3.05) is 11.1 Å². The number of benzene rings is 1. The summed E-state index contributed by atoms with van der Waals surface area (Å²) >= 11 is 3.08. The van der Waals surface area contributed by atoms with E-state index in [4.69, 9.17) is 5.73 Å². The standard InChI is InChI=1S/C13H11BrFN3O2/c14-9-2-1-5-18(13(9)20)7-12(19)17-11-6-8(16)3-4-10(11)15/h1-6H,7,16H2,(H,17,19). The topological polar surface area (TPSA) is 77.1 Å². The maximum absolute atomic E-state index is 13.5. The van der Waals surface area contributed by atoms with Crippen molar-refractivity contribution in [3.05, 3.63) is 57.2 Å². The van der Waals surface area contributed by atoms with Gasteiger partial charge in [0.05, 0.1) is 10.2 Å². The fraction of sp³-hybridized carbons (Fsp3) is 0.0769. The third-order valence-corrected chi connectivity index (χ3v) is 3.16. The summed E-state index contributed by atoms with van der Waals surface area (Å²) in [7, 11) is 0. The number of rotatable bonds is 3. The fourth-order valence-electron chi connectivity index (χ4n) is 1.62. The van der Waals surface area contributed by atoms with Crippen molar-refractivity contribution in [1.82, 2.24) is 4.57 Å². The maximum atomic E-state index is 13.5. The first-order chi connectivity index (χ1) is 9.47. The lowest BCUT2D eigenvalue weighted by Gasteiger charge is -2.09. The Morgan fingerprint density at radius 1 is 1.40 bits per heavy atom. The molecule has 2 rings (SSSR count). The minimum Gasteiger partial charge on any atom is -0.399 e. The van der Waals surface area contributed by atoms with E-state index in [-0.39, 0.29) is 17.8 Å². The van der Waals surface area contributed by atoms with E-state index in [0.717, 1.165) is 6.07 Å². The number of carbonyl (C=O) groups excluding carboxylic acids is 1. The van der Waals surface area contributed by atoms with Gasteiger partial charge in [-0.3, -0.25) is 9.59 Å². The minimum absolute atomic E-state index is 0.0157. The molecule has 1 aromatic carbocycles. The Hall–Kier alpha value is -2.15. The normalized spacial score (nSPS) is 10.3. The predicted molar refractivity (Wildman–Crippen MR) is 77.8 cm³/mol. The van der Waals surface area contributed by atoms with Crippen LogP contribution >= 0.6 is 15.9 Å². The van der Waals surface area contributed by atoms with Crippen LogP contribution in [-0.2, 0) is 11.3 Å². The van der Waals surface area contributed by atoms with Crippen LogP contribution in [0, 0.1) is 5.82 Å². The summed E-state index contributed by atoms with van der Waals surface area (Å²) in [5.74, 6) is -1.11. The predicted octanol–water partition coefficient (Wildman–Crippen LogP) is 1.97. The highest BCUT2D eigenvalue weighted by Gasteiger charge is 2.09. The van der Waals surface area contributed by atoms with Crippen LogP contribution in [0.3, 0.4) is 0 Å². The van der Waals surface area contributed by atoms with E-state index in [9.17, 15) is 14.0 Å². The molecule has 0 fully saturated rings. The van der Waals surface area contributed by atoms with Crippen LogP contribution < -0.4 is 16.6 Å². The Bertz CT molecular complexity index is 715. The van der Waals surface area contributed by atoms with E-state index in [1.54, 1.807) is 12.1 Å². The van der Waals surface area contributed by atoms with Crippen LogP contribution in [0.15, 0.2) is 45.8 Å². The van der Waals surface area contributed by atoms with Crippen molar-refractivity contribution in [3.8, 4) is 0 Å². The van der Waals surface area contributed by atoms with Gasteiger partial charge >= 0.3 is 0 Å². The lowest BCUT2D eigenvalue weighted by atomic mass is 10.2. The number of hydrogen-bond acceptors (Lipinski definition) is 3. The van der Waals surface area contributed by atoms with Crippen LogP contribution in [0.4, 0.5) is 15.8 Å².